The molecule has 3 aromatic carbocycles. The molecule has 0 amide bonds. The predicted molar refractivity (Wildman–Crippen MR) is 112 cm³/mol. The number of ether oxygens (including phenoxy) is 2. The van der Waals surface area contributed by atoms with Crippen molar-refractivity contribution in [2.75, 3.05) is 18.9 Å². The quantitative estimate of drug-likeness (QED) is 0.554. The minimum absolute atomic E-state index is 0.0124. The number of para-hydroxylation sites is 1. The van der Waals surface area contributed by atoms with E-state index in [9.17, 15) is 8.42 Å². The van der Waals surface area contributed by atoms with E-state index >= 15 is 0 Å². The molecule has 0 heterocycles. The van der Waals surface area contributed by atoms with Gasteiger partial charge in [-0.1, -0.05) is 41.4 Å². The lowest BCUT2D eigenvalue weighted by Gasteiger charge is -2.16. The Balaban J connectivity index is 2.05. The molecule has 1 N–H and O–H groups in total. The molecule has 0 aliphatic rings. The van der Waals surface area contributed by atoms with Gasteiger partial charge >= 0.3 is 0 Å². The van der Waals surface area contributed by atoms with E-state index in [4.69, 9.17) is 32.7 Å². The van der Waals surface area contributed by atoms with E-state index in [-0.39, 0.29) is 14.9 Å². The number of hydrogen-bond acceptors (Lipinski definition) is 4. The average Bonchev–Trinajstić information content (AvgIpc) is 2.69. The fraction of sp³-hybridized carbons (Fsp3) is 0.100. The molecular formula is C20H17Cl2NO4S. The normalized spacial score (nSPS) is 11.1. The Morgan fingerprint density at radius 2 is 1.57 bits per heavy atom. The van der Waals surface area contributed by atoms with E-state index in [1.807, 2.05) is 12.1 Å². The van der Waals surface area contributed by atoms with E-state index < -0.39 is 10.0 Å². The number of sulfonamides is 1. The summed E-state index contributed by atoms with van der Waals surface area (Å²) in [6.45, 7) is 0. The number of halogens is 2. The maximum absolute atomic E-state index is 12.8. The Labute approximate surface area is 173 Å². The Morgan fingerprint density at radius 3 is 2.25 bits per heavy atom. The van der Waals surface area contributed by atoms with Gasteiger partial charge in [-0.15, -0.1) is 0 Å². The van der Waals surface area contributed by atoms with Crippen molar-refractivity contribution in [1.29, 1.82) is 0 Å². The van der Waals surface area contributed by atoms with E-state index in [1.165, 1.54) is 18.2 Å². The van der Waals surface area contributed by atoms with Crippen LogP contribution in [0.25, 0.3) is 11.1 Å². The van der Waals surface area contributed by atoms with Crippen molar-refractivity contribution in [1.82, 2.24) is 0 Å². The third-order valence-corrected chi connectivity index (χ3v) is 6.17. The Bertz CT molecular complexity index is 1120. The molecule has 0 fully saturated rings. The number of rotatable bonds is 6. The zero-order valence-electron chi connectivity index (χ0n) is 15.1. The minimum atomic E-state index is -3.87. The van der Waals surface area contributed by atoms with Gasteiger partial charge in [0.1, 0.15) is 11.5 Å². The van der Waals surface area contributed by atoms with Crippen LogP contribution in [0.3, 0.4) is 0 Å². The first-order valence-electron chi connectivity index (χ1n) is 8.15. The van der Waals surface area contributed by atoms with Crippen LogP contribution in [0.2, 0.25) is 10.0 Å². The number of benzene rings is 3. The van der Waals surface area contributed by atoms with Crippen molar-refractivity contribution in [3.63, 3.8) is 0 Å². The lowest BCUT2D eigenvalue weighted by molar-refractivity contribution is 0.395. The number of methoxy groups -OCH3 is 2. The van der Waals surface area contributed by atoms with Crippen molar-refractivity contribution >= 4 is 38.9 Å². The molecule has 0 aliphatic heterocycles. The van der Waals surface area contributed by atoms with Crippen LogP contribution in [0.1, 0.15) is 0 Å². The fourth-order valence-electron chi connectivity index (χ4n) is 2.68. The Hall–Kier alpha value is -2.41. The molecule has 5 nitrogen and oxygen atoms in total. The summed E-state index contributed by atoms with van der Waals surface area (Å²) < 4.78 is 39.0. The molecule has 28 heavy (non-hydrogen) atoms. The first-order valence-corrected chi connectivity index (χ1v) is 10.4. The third kappa shape index (κ3) is 4.19. The van der Waals surface area contributed by atoms with Gasteiger partial charge in [-0.2, -0.15) is 0 Å². The van der Waals surface area contributed by atoms with Crippen LogP contribution in [-0.2, 0) is 10.0 Å². The maximum Gasteiger partial charge on any atom is 0.261 e. The van der Waals surface area contributed by atoms with Crippen molar-refractivity contribution in [2.24, 2.45) is 0 Å². The van der Waals surface area contributed by atoms with Gasteiger partial charge in [-0.3, -0.25) is 4.72 Å². The number of anilines is 1. The van der Waals surface area contributed by atoms with Crippen LogP contribution in [0, 0.1) is 0 Å². The lowest BCUT2D eigenvalue weighted by atomic mass is 10.0. The van der Waals surface area contributed by atoms with Gasteiger partial charge in [-0.25, -0.2) is 8.42 Å². The van der Waals surface area contributed by atoms with Crippen molar-refractivity contribution in [2.45, 2.75) is 4.90 Å². The first-order chi connectivity index (χ1) is 13.4. The van der Waals surface area contributed by atoms with Crippen LogP contribution in [0.15, 0.2) is 65.6 Å². The van der Waals surface area contributed by atoms with Crippen LogP contribution in [-0.4, -0.2) is 22.6 Å². The molecule has 0 saturated carbocycles. The summed E-state index contributed by atoms with van der Waals surface area (Å²) in [5.74, 6) is 1.19. The molecule has 3 aromatic rings. The molecular weight excluding hydrogens is 421 g/mol. The van der Waals surface area contributed by atoms with E-state index in [1.54, 1.807) is 44.6 Å². The zero-order chi connectivity index (χ0) is 20.3. The van der Waals surface area contributed by atoms with Gasteiger partial charge < -0.3 is 9.47 Å². The summed E-state index contributed by atoms with van der Waals surface area (Å²) in [4.78, 5) is 0.0124. The van der Waals surface area contributed by atoms with Crippen LogP contribution < -0.4 is 14.2 Å². The average molecular weight is 438 g/mol. The summed E-state index contributed by atoms with van der Waals surface area (Å²) in [6, 6.07) is 16.5. The van der Waals surface area contributed by atoms with Crippen molar-refractivity contribution in [3.8, 4) is 22.6 Å². The smallest absolute Gasteiger partial charge is 0.261 e. The summed E-state index contributed by atoms with van der Waals surface area (Å²) in [5, 5.41) is 0.443. The van der Waals surface area contributed by atoms with Gasteiger partial charge in [-0.05, 0) is 36.4 Å². The molecule has 0 unspecified atom stereocenters. The van der Waals surface area contributed by atoms with Gasteiger partial charge in [0.2, 0.25) is 0 Å². The molecule has 0 radical (unpaired) electrons. The highest BCUT2D eigenvalue weighted by atomic mass is 35.5. The second kappa shape index (κ2) is 8.31. The monoisotopic (exact) mass is 437 g/mol. The van der Waals surface area contributed by atoms with Gasteiger partial charge in [0.25, 0.3) is 10.0 Å². The summed E-state index contributed by atoms with van der Waals surface area (Å²) >= 11 is 11.8. The minimum Gasteiger partial charge on any atom is -0.497 e. The second-order valence-electron chi connectivity index (χ2n) is 5.79. The highest BCUT2D eigenvalue weighted by Gasteiger charge is 2.19. The van der Waals surface area contributed by atoms with Crippen LogP contribution in [0.4, 0.5) is 5.69 Å². The molecule has 8 heteroatoms. The van der Waals surface area contributed by atoms with Gasteiger partial charge in [0.05, 0.1) is 34.8 Å². The summed E-state index contributed by atoms with van der Waals surface area (Å²) in [7, 11) is -0.768. The van der Waals surface area contributed by atoms with Gasteiger partial charge in [0.15, 0.2) is 0 Å². The van der Waals surface area contributed by atoms with Crippen LogP contribution >= 0.6 is 23.2 Å². The Kier molecular flexibility index (Phi) is 6.03. The molecule has 0 aliphatic carbocycles. The molecule has 0 saturated heterocycles. The molecule has 3 rings (SSSR count). The van der Waals surface area contributed by atoms with E-state index in [2.05, 4.69) is 4.72 Å². The number of hydrogen-bond donors (Lipinski definition) is 1. The summed E-state index contributed by atoms with van der Waals surface area (Å²) in [6.07, 6.45) is 0. The third-order valence-electron chi connectivity index (χ3n) is 4.07. The lowest BCUT2D eigenvalue weighted by Crippen LogP contribution is -2.13. The van der Waals surface area contributed by atoms with Crippen molar-refractivity contribution < 1.29 is 17.9 Å². The van der Waals surface area contributed by atoms with Gasteiger partial charge in [0, 0.05) is 17.2 Å². The SMILES string of the molecule is COc1ccc(-c2ccccc2NS(=O)(=O)c2ccc(Cl)c(Cl)c2)c(OC)c1. The molecule has 146 valence electrons. The highest BCUT2D eigenvalue weighted by molar-refractivity contribution is 7.92. The standard InChI is InChI=1S/C20H17Cl2NO4S/c1-26-13-7-9-16(20(11-13)27-2)15-5-3-4-6-19(15)23-28(24,25)14-8-10-17(21)18(22)12-14/h3-12,23H,1-2H3. The van der Waals surface area contributed by atoms with E-state index in [0.717, 1.165) is 5.56 Å². The first kappa shape index (κ1) is 20.3. The van der Waals surface area contributed by atoms with Crippen LogP contribution in [0.5, 0.6) is 11.5 Å². The molecule has 0 atom stereocenters. The summed E-state index contributed by atoms with van der Waals surface area (Å²) in [5.41, 5.74) is 1.78. The molecule has 0 aromatic heterocycles. The number of nitrogens with one attached hydrogen (secondary N) is 1. The van der Waals surface area contributed by atoms with Crippen molar-refractivity contribution in [3.05, 3.63) is 70.7 Å². The highest BCUT2D eigenvalue weighted by Crippen LogP contribution is 2.38. The largest absolute Gasteiger partial charge is 0.497 e. The fourth-order valence-corrected chi connectivity index (χ4v) is 4.14. The van der Waals surface area contributed by atoms with E-state index in [0.29, 0.717) is 22.7 Å². The molecule has 0 bridgehead atoms. The zero-order valence-corrected chi connectivity index (χ0v) is 17.4. The maximum atomic E-state index is 12.8. The molecule has 0 spiro atoms. The predicted octanol–water partition coefficient (Wildman–Crippen LogP) is 5.48. The Morgan fingerprint density at radius 1 is 0.821 bits per heavy atom. The topological polar surface area (TPSA) is 64.6 Å². The second-order valence-corrected chi connectivity index (χ2v) is 8.29.